The summed E-state index contributed by atoms with van der Waals surface area (Å²) in [5.74, 6) is -0.0197. The normalized spacial score (nSPS) is 11.1. The minimum Gasteiger partial charge on any atom is -0.447 e. The Bertz CT molecular complexity index is 706. The van der Waals surface area contributed by atoms with E-state index in [-0.39, 0.29) is 18.0 Å². The summed E-state index contributed by atoms with van der Waals surface area (Å²) in [4.78, 5) is 25.3. The molecule has 28 heavy (non-hydrogen) atoms. The quantitative estimate of drug-likeness (QED) is 0.247. The van der Waals surface area contributed by atoms with Gasteiger partial charge in [-0.15, -0.1) is 0 Å². The average molecular weight is 423 g/mol. The smallest absolute Gasteiger partial charge is 0.414 e. The molecule has 1 aromatic rings. The molecule has 0 atom stereocenters. The Labute approximate surface area is 174 Å². The van der Waals surface area contributed by atoms with Crippen LogP contribution in [0.2, 0.25) is 0 Å². The minimum absolute atomic E-state index is 0.110. The predicted octanol–water partition coefficient (Wildman–Crippen LogP) is 4.69. The zero-order chi connectivity index (χ0) is 21.0. The van der Waals surface area contributed by atoms with Crippen molar-refractivity contribution in [3.05, 3.63) is 47.7 Å². The number of carbonyl (C=O) groups excluding carboxylic acids is 2. The summed E-state index contributed by atoms with van der Waals surface area (Å²) >= 11 is 0. The van der Waals surface area contributed by atoms with E-state index in [4.69, 9.17) is 10.00 Å². The number of hydrogen-bond donors (Lipinski definition) is 0. The first kappa shape index (κ1) is 23.9. The zero-order valence-corrected chi connectivity index (χ0v) is 18.3. The lowest BCUT2D eigenvalue weighted by Gasteiger charge is -2.20. The fourth-order valence-electron chi connectivity index (χ4n) is 1.80. The van der Waals surface area contributed by atoms with Gasteiger partial charge < -0.3 is 9.47 Å². The molecule has 0 radical (unpaired) electrons. The molecule has 1 amide bonds. The van der Waals surface area contributed by atoms with Gasteiger partial charge in [-0.05, 0) is 12.5 Å². The Hall–Kier alpha value is -2.11. The summed E-state index contributed by atoms with van der Waals surface area (Å²) in [5.41, 5.74) is 2.01. The van der Waals surface area contributed by atoms with Crippen molar-refractivity contribution in [1.82, 2.24) is 4.90 Å². The van der Waals surface area contributed by atoms with Gasteiger partial charge in [-0.25, -0.2) is 9.59 Å². The summed E-state index contributed by atoms with van der Waals surface area (Å²) in [5, 5.41) is 8.44. The molecule has 1 aromatic carbocycles. The number of aryl methyl sites for hydroxylation is 1. The molecule has 0 aliphatic rings. The van der Waals surface area contributed by atoms with E-state index in [1.807, 2.05) is 31.2 Å². The standard InChI is InChI=1S/C20H26N2O4S2/c1-16-5-7-17(8-6-16)15-26-19(24)22(11-9-18(23)25-13-10-21)12-14-27-28-20(2,3)4/h5-9,11H,12-15H2,1-4H3/b11-9+. The Balaban J connectivity index is 2.64. The van der Waals surface area contributed by atoms with Crippen LogP contribution in [0.4, 0.5) is 4.79 Å². The number of ether oxygens (including phenoxy) is 2. The lowest BCUT2D eigenvalue weighted by atomic mass is 10.2. The lowest BCUT2D eigenvalue weighted by Crippen LogP contribution is -2.29. The van der Waals surface area contributed by atoms with Gasteiger partial charge in [0.1, 0.15) is 12.7 Å². The van der Waals surface area contributed by atoms with Crippen LogP contribution >= 0.6 is 21.6 Å². The van der Waals surface area contributed by atoms with Crippen LogP contribution in [0.3, 0.4) is 0 Å². The van der Waals surface area contributed by atoms with Crippen LogP contribution in [0, 0.1) is 18.3 Å². The number of nitrogens with zero attached hydrogens (tertiary/aromatic N) is 2. The average Bonchev–Trinajstić information content (AvgIpc) is 2.64. The fourth-order valence-corrected chi connectivity index (χ4v) is 4.04. The summed E-state index contributed by atoms with van der Waals surface area (Å²) in [6.45, 7) is 8.52. The van der Waals surface area contributed by atoms with Gasteiger partial charge >= 0.3 is 12.1 Å². The maximum atomic E-state index is 12.4. The molecule has 0 saturated carbocycles. The third-order valence-electron chi connectivity index (χ3n) is 3.11. The van der Waals surface area contributed by atoms with Crippen molar-refractivity contribution in [2.75, 3.05) is 18.9 Å². The third kappa shape index (κ3) is 10.9. The molecular weight excluding hydrogens is 396 g/mol. The molecule has 1 rings (SSSR count). The molecule has 0 unspecified atom stereocenters. The van der Waals surface area contributed by atoms with Crippen molar-refractivity contribution in [2.24, 2.45) is 0 Å². The van der Waals surface area contributed by atoms with Gasteiger partial charge in [0.05, 0.1) is 0 Å². The number of carbonyl (C=O) groups is 2. The molecule has 0 heterocycles. The number of amides is 1. The first-order chi connectivity index (χ1) is 13.2. The second-order valence-corrected chi connectivity index (χ2v) is 10.1. The van der Waals surface area contributed by atoms with Crippen molar-refractivity contribution in [3.8, 4) is 6.07 Å². The molecule has 8 heteroatoms. The summed E-state index contributed by atoms with van der Waals surface area (Å²) in [7, 11) is 3.36. The number of benzene rings is 1. The van der Waals surface area contributed by atoms with Gasteiger partial charge in [0.2, 0.25) is 0 Å². The van der Waals surface area contributed by atoms with Gasteiger partial charge in [0.25, 0.3) is 0 Å². The molecule has 0 N–H and O–H groups in total. The highest BCUT2D eigenvalue weighted by Gasteiger charge is 2.15. The summed E-state index contributed by atoms with van der Waals surface area (Å²) in [6.07, 6.45) is 1.90. The van der Waals surface area contributed by atoms with E-state index < -0.39 is 12.1 Å². The van der Waals surface area contributed by atoms with Gasteiger partial charge in [-0.1, -0.05) is 72.2 Å². The molecule has 0 saturated heterocycles. The molecule has 152 valence electrons. The van der Waals surface area contributed by atoms with Gasteiger partial charge in [-0.3, -0.25) is 4.90 Å². The lowest BCUT2D eigenvalue weighted by molar-refractivity contribution is -0.136. The van der Waals surface area contributed by atoms with Gasteiger partial charge in [0.15, 0.2) is 6.61 Å². The number of rotatable bonds is 9. The zero-order valence-electron chi connectivity index (χ0n) is 16.6. The highest BCUT2D eigenvalue weighted by atomic mass is 33.1. The van der Waals surface area contributed by atoms with E-state index in [0.717, 1.165) is 17.2 Å². The Morgan fingerprint density at radius 1 is 1.21 bits per heavy atom. The van der Waals surface area contributed by atoms with Crippen LogP contribution in [0.1, 0.15) is 31.9 Å². The van der Waals surface area contributed by atoms with E-state index in [0.29, 0.717) is 12.3 Å². The van der Waals surface area contributed by atoms with Crippen molar-refractivity contribution in [2.45, 2.75) is 39.0 Å². The SMILES string of the molecule is Cc1ccc(COC(=O)N(/C=C/C(=O)OCC#N)CCSSC(C)(C)C)cc1. The highest BCUT2D eigenvalue weighted by molar-refractivity contribution is 8.77. The van der Waals surface area contributed by atoms with E-state index in [1.165, 1.54) is 11.1 Å². The molecule has 0 fully saturated rings. The fraction of sp³-hybridized carbons (Fsp3) is 0.450. The van der Waals surface area contributed by atoms with Crippen LogP contribution in [-0.4, -0.2) is 40.6 Å². The van der Waals surface area contributed by atoms with E-state index in [1.54, 1.807) is 27.7 Å². The Morgan fingerprint density at radius 2 is 1.89 bits per heavy atom. The topological polar surface area (TPSA) is 79.6 Å². The Kier molecular flexibility index (Phi) is 10.6. The third-order valence-corrected chi connectivity index (χ3v) is 6.43. The second-order valence-electron chi connectivity index (χ2n) is 6.83. The first-order valence-electron chi connectivity index (χ1n) is 8.73. The molecular formula is C20H26N2O4S2. The minimum atomic E-state index is -0.686. The molecule has 0 aromatic heterocycles. The van der Waals surface area contributed by atoms with Crippen molar-refractivity contribution in [1.29, 1.82) is 5.26 Å². The maximum absolute atomic E-state index is 12.4. The molecule has 0 spiro atoms. The Morgan fingerprint density at radius 3 is 2.50 bits per heavy atom. The van der Waals surface area contributed by atoms with Crippen LogP contribution < -0.4 is 0 Å². The highest BCUT2D eigenvalue weighted by Crippen LogP contribution is 2.34. The van der Waals surface area contributed by atoms with E-state index >= 15 is 0 Å². The maximum Gasteiger partial charge on any atom is 0.414 e. The van der Waals surface area contributed by atoms with E-state index in [2.05, 4.69) is 25.5 Å². The molecule has 6 nitrogen and oxygen atoms in total. The van der Waals surface area contributed by atoms with Crippen molar-refractivity contribution >= 4 is 33.7 Å². The number of hydrogen-bond acceptors (Lipinski definition) is 7. The second kappa shape index (κ2) is 12.4. The molecule has 0 bridgehead atoms. The largest absolute Gasteiger partial charge is 0.447 e. The van der Waals surface area contributed by atoms with Crippen LogP contribution in [-0.2, 0) is 20.9 Å². The van der Waals surface area contributed by atoms with Crippen LogP contribution in [0.5, 0.6) is 0 Å². The van der Waals surface area contributed by atoms with Crippen molar-refractivity contribution in [3.63, 3.8) is 0 Å². The summed E-state index contributed by atoms with van der Waals surface area (Å²) in [6, 6.07) is 9.42. The van der Waals surface area contributed by atoms with Crippen LogP contribution in [0.15, 0.2) is 36.5 Å². The predicted molar refractivity (Wildman–Crippen MR) is 114 cm³/mol. The molecule has 0 aliphatic carbocycles. The number of esters is 1. The summed E-state index contributed by atoms with van der Waals surface area (Å²) < 4.78 is 10.1. The molecule has 0 aliphatic heterocycles. The van der Waals surface area contributed by atoms with Crippen LogP contribution in [0.25, 0.3) is 0 Å². The van der Waals surface area contributed by atoms with E-state index in [9.17, 15) is 9.59 Å². The van der Waals surface area contributed by atoms with Gasteiger partial charge in [0, 0.05) is 29.3 Å². The van der Waals surface area contributed by atoms with Crippen molar-refractivity contribution < 1.29 is 19.1 Å². The first-order valence-corrected chi connectivity index (χ1v) is 11.0. The number of nitriles is 1. The monoisotopic (exact) mass is 422 g/mol. The van der Waals surface area contributed by atoms with Gasteiger partial charge in [-0.2, -0.15) is 5.26 Å².